The third kappa shape index (κ3) is 3.98. The first kappa shape index (κ1) is 19.8. The number of esters is 1. The SMILES string of the molecule is COC(=O)c1c(NC(=O)CCn2nc(C(F)(F)F)c(Cl)c2C)cnn1C. The minimum absolute atomic E-state index is 0.0403. The third-order valence-electron chi connectivity index (χ3n) is 3.54. The Labute approximate surface area is 150 Å². The van der Waals surface area contributed by atoms with Crippen LogP contribution in [-0.4, -0.2) is 38.5 Å². The number of carbonyl (C=O) groups excluding carboxylic acids is 2. The minimum atomic E-state index is -4.68. The van der Waals surface area contributed by atoms with Crippen LogP contribution in [0.4, 0.5) is 18.9 Å². The lowest BCUT2D eigenvalue weighted by molar-refractivity contribution is -0.141. The summed E-state index contributed by atoms with van der Waals surface area (Å²) in [5, 5.41) is 9.23. The van der Waals surface area contributed by atoms with E-state index in [0.717, 1.165) is 4.68 Å². The van der Waals surface area contributed by atoms with Crippen LogP contribution in [0.5, 0.6) is 0 Å². The molecule has 0 unspecified atom stereocenters. The first-order valence-electron chi connectivity index (χ1n) is 7.26. The van der Waals surface area contributed by atoms with Gasteiger partial charge in [0.25, 0.3) is 0 Å². The first-order valence-corrected chi connectivity index (χ1v) is 7.64. The predicted molar refractivity (Wildman–Crippen MR) is 84.8 cm³/mol. The number of rotatable bonds is 5. The van der Waals surface area contributed by atoms with Crippen molar-refractivity contribution < 1.29 is 27.5 Å². The summed E-state index contributed by atoms with van der Waals surface area (Å²) in [5.41, 5.74) is -0.921. The number of carbonyl (C=O) groups is 2. The zero-order chi connectivity index (χ0) is 19.6. The van der Waals surface area contributed by atoms with Crippen molar-refractivity contribution in [2.45, 2.75) is 26.1 Å². The number of hydrogen-bond donors (Lipinski definition) is 1. The topological polar surface area (TPSA) is 91.0 Å². The Morgan fingerprint density at radius 3 is 2.58 bits per heavy atom. The van der Waals surface area contributed by atoms with Crippen LogP contribution < -0.4 is 5.32 Å². The summed E-state index contributed by atoms with van der Waals surface area (Å²) in [4.78, 5) is 23.7. The molecule has 0 aliphatic rings. The van der Waals surface area contributed by atoms with E-state index in [1.54, 1.807) is 0 Å². The molecule has 8 nitrogen and oxygen atoms in total. The van der Waals surface area contributed by atoms with E-state index in [0.29, 0.717) is 0 Å². The smallest absolute Gasteiger partial charge is 0.436 e. The molecule has 1 amide bonds. The molecule has 26 heavy (non-hydrogen) atoms. The van der Waals surface area contributed by atoms with Crippen molar-refractivity contribution in [2.24, 2.45) is 7.05 Å². The number of nitrogens with one attached hydrogen (secondary N) is 1. The number of nitrogens with zero attached hydrogens (tertiary/aromatic N) is 4. The lowest BCUT2D eigenvalue weighted by atomic mass is 10.3. The van der Waals surface area contributed by atoms with Crippen molar-refractivity contribution >= 4 is 29.2 Å². The molecule has 2 heterocycles. The normalized spacial score (nSPS) is 11.5. The van der Waals surface area contributed by atoms with Crippen molar-refractivity contribution in [3.8, 4) is 0 Å². The Bertz CT molecular complexity index is 844. The molecule has 1 N–H and O–H groups in total. The van der Waals surface area contributed by atoms with Crippen LogP contribution in [0.3, 0.4) is 0 Å². The predicted octanol–water partition coefficient (Wildman–Crippen LogP) is 2.41. The molecule has 0 aromatic carbocycles. The van der Waals surface area contributed by atoms with E-state index in [4.69, 9.17) is 11.6 Å². The summed E-state index contributed by atoms with van der Waals surface area (Å²) in [7, 11) is 2.68. The molecule has 12 heteroatoms. The molecule has 0 radical (unpaired) electrons. The molecule has 0 aliphatic heterocycles. The molecule has 0 saturated carbocycles. The van der Waals surface area contributed by atoms with Crippen molar-refractivity contribution in [1.82, 2.24) is 19.6 Å². The van der Waals surface area contributed by atoms with Gasteiger partial charge in [-0.1, -0.05) is 11.6 Å². The molecule has 0 fully saturated rings. The third-order valence-corrected chi connectivity index (χ3v) is 4.00. The first-order chi connectivity index (χ1) is 12.1. The van der Waals surface area contributed by atoms with E-state index in [9.17, 15) is 22.8 Å². The van der Waals surface area contributed by atoms with Gasteiger partial charge in [-0.25, -0.2) is 4.79 Å². The largest absolute Gasteiger partial charge is 0.464 e. The highest BCUT2D eigenvalue weighted by Gasteiger charge is 2.38. The summed E-state index contributed by atoms with van der Waals surface area (Å²) in [6.45, 7) is 1.25. The molecule has 0 aliphatic carbocycles. The van der Waals surface area contributed by atoms with Gasteiger partial charge in [-0.3, -0.25) is 14.2 Å². The maximum Gasteiger partial charge on any atom is 0.436 e. The van der Waals surface area contributed by atoms with Crippen molar-refractivity contribution in [2.75, 3.05) is 12.4 Å². The lowest BCUT2D eigenvalue weighted by Gasteiger charge is -2.07. The van der Waals surface area contributed by atoms with Gasteiger partial charge in [0.05, 0.1) is 36.3 Å². The number of amides is 1. The second-order valence-electron chi connectivity index (χ2n) is 5.29. The van der Waals surface area contributed by atoms with Crippen LogP contribution in [0.25, 0.3) is 0 Å². The van der Waals surface area contributed by atoms with Gasteiger partial charge in [0, 0.05) is 13.5 Å². The lowest BCUT2D eigenvalue weighted by Crippen LogP contribution is -2.18. The Morgan fingerprint density at radius 2 is 2.04 bits per heavy atom. The minimum Gasteiger partial charge on any atom is -0.464 e. The van der Waals surface area contributed by atoms with E-state index >= 15 is 0 Å². The van der Waals surface area contributed by atoms with Gasteiger partial charge in [-0.05, 0) is 6.92 Å². The monoisotopic (exact) mass is 393 g/mol. The number of aryl methyl sites for hydroxylation is 2. The summed E-state index contributed by atoms with van der Waals surface area (Å²) in [5.74, 6) is -1.23. The molecular formula is C14H15ClF3N5O3. The fraction of sp³-hybridized carbons (Fsp3) is 0.429. The fourth-order valence-corrected chi connectivity index (χ4v) is 2.45. The maximum atomic E-state index is 12.8. The number of methoxy groups -OCH3 is 1. The fourth-order valence-electron chi connectivity index (χ4n) is 2.21. The quantitative estimate of drug-likeness (QED) is 0.788. The highest BCUT2D eigenvalue weighted by molar-refractivity contribution is 6.31. The van der Waals surface area contributed by atoms with Gasteiger partial charge in [-0.15, -0.1) is 0 Å². The molecule has 2 rings (SSSR count). The Morgan fingerprint density at radius 1 is 1.38 bits per heavy atom. The van der Waals surface area contributed by atoms with E-state index in [1.807, 2.05) is 0 Å². The molecular weight excluding hydrogens is 379 g/mol. The maximum absolute atomic E-state index is 12.8. The summed E-state index contributed by atoms with van der Waals surface area (Å²) >= 11 is 5.65. The molecule has 2 aromatic rings. The highest BCUT2D eigenvalue weighted by atomic mass is 35.5. The summed E-state index contributed by atoms with van der Waals surface area (Å²) in [6.07, 6.45) is -3.60. The highest BCUT2D eigenvalue weighted by Crippen LogP contribution is 2.35. The molecule has 142 valence electrons. The average molecular weight is 394 g/mol. The molecule has 0 bridgehead atoms. The summed E-state index contributed by atoms with van der Waals surface area (Å²) in [6, 6.07) is 0. The molecule has 0 atom stereocenters. The van der Waals surface area contributed by atoms with Crippen LogP contribution in [-0.2, 0) is 29.3 Å². The van der Waals surface area contributed by atoms with Crippen LogP contribution in [0.1, 0.15) is 28.3 Å². The average Bonchev–Trinajstić information content (AvgIpc) is 3.05. The van der Waals surface area contributed by atoms with Crippen LogP contribution >= 0.6 is 11.6 Å². The van der Waals surface area contributed by atoms with Crippen molar-refractivity contribution in [3.05, 3.63) is 28.3 Å². The van der Waals surface area contributed by atoms with Crippen LogP contribution in [0.2, 0.25) is 5.02 Å². The van der Waals surface area contributed by atoms with Gasteiger partial charge in [0.1, 0.15) is 0 Å². The molecule has 0 saturated heterocycles. The van der Waals surface area contributed by atoms with Gasteiger partial charge in [0.2, 0.25) is 5.91 Å². The van der Waals surface area contributed by atoms with Crippen LogP contribution in [0.15, 0.2) is 6.20 Å². The van der Waals surface area contributed by atoms with Gasteiger partial charge in [0.15, 0.2) is 11.4 Å². The second kappa shape index (κ2) is 7.36. The van der Waals surface area contributed by atoms with Gasteiger partial charge >= 0.3 is 12.1 Å². The van der Waals surface area contributed by atoms with E-state index < -0.39 is 28.8 Å². The number of alkyl halides is 3. The second-order valence-corrected chi connectivity index (χ2v) is 5.67. The molecule has 2 aromatic heterocycles. The number of aromatic nitrogens is 4. The Kier molecular flexibility index (Phi) is 5.59. The van der Waals surface area contributed by atoms with Crippen molar-refractivity contribution in [1.29, 1.82) is 0 Å². The van der Waals surface area contributed by atoms with Crippen LogP contribution in [0, 0.1) is 6.92 Å². The standard InChI is InChI=1S/C14H15ClF3N5O3/c1-7-10(15)12(14(16,17)18)21-23(7)5-4-9(24)20-8-6-19-22(2)11(8)13(25)26-3/h6H,4-5H2,1-3H3,(H,20,24). The van der Waals surface area contributed by atoms with E-state index in [-0.39, 0.29) is 30.0 Å². The number of hydrogen-bond acceptors (Lipinski definition) is 5. The van der Waals surface area contributed by atoms with Gasteiger partial charge < -0.3 is 10.1 Å². The van der Waals surface area contributed by atoms with E-state index in [2.05, 4.69) is 20.3 Å². The van der Waals surface area contributed by atoms with Crippen molar-refractivity contribution in [3.63, 3.8) is 0 Å². The number of ether oxygens (including phenoxy) is 1. The zero-order valence-corrected chi connectivity index (χ0v) is 14.8. The van der Waals surface area contributed by atoms with Gasteiger partial charge in [-0.2, -0.15) is 23.4 Å². The zero-order valence-electron chi connectivity index (χ0n) is 14.0. The number of anilines is 1. The summed E-state index contributed by atoms with van der Waals surface area (Å²) < 4.78 is 45.2. The molecule has 0 spiro atoms. The van der Waals surface area contributed by atoms with E-state index in [1.165, 1.54) is 32.0 Å². The Hall–Kier alpha value is -2.56. The number of halogens is 4. The Balaban J connectivity index is 2.08.